The lowest BCUT2D eigenvalue weighted by atomic mass is 10.1. The Morgan fingerprint density at radius 3 is 2.79 bits per heavy atom. The van der Waals surface area contributed by atoms with Gasteiger partial charge in [0.1, 0.15) is 5.82 Å². The molecule has 0 saturated heterocycles. The second-order valence-corrected chi connectivity index (χ2v) is 6.37. The minimum atomic E-state index is -0.561. The third-order valence-electron chi connectivity index (χ3n) is 2.89. The van der Waals surface area contributed by atoms with Gasteiger partial charge >= 0.3 is 0 Å². The van der Waals surface area contributed by atoms with E-state index >= 15 is 0 Å². The van der Waals surface area contributed by atoms with Gasteiger partial charge in [-0.2, -0.15) is 11.8 Å². The highest BCUT2D eigenvalue weighted by Crippen LogP contribution is 2.33. The molecule has 1 aromatic rings. The average Bonchev–Trinajstić information content (AvgIpc) is 2.60. The second-order valence-electron chi connectivity index (χ2n) is 4.12. The number of Topliss-reactive ketones (excluding diaryl/α,β-unsaturated/α-hetero) is 1. The molecule has 0 bridgehead atoms. The fourth-order valence-corrected chi connectivity index (χ4v) is 2.95. The van der Waals surface area contributed by atoms with Crippen molar-refractivity contribution in [1.29, 1.82) is 0 Å². The number of thioether (sulfide) groups is 1. The third-order valence-corrected chi connectivity index (χ3v) is 4.48. The Balaban J connectivity index is 2.21. The van der Waals surface area contributed by atoms with Gasteiger partial charge in [0.05, 0.1) is 15.7 Å². The molecule has 0 saturated carbocycles. The molecule has 1 aliphatic rings. The van der Waals surface area contributed by atoms with E-state index < -0.39 is 17.5 Å². The number of anilines is 1. The van der Waals surface area contributed by atoms with Gasteiger partial charge in [-0.1, -0.05) is 6.92 Å². The Hall–Kier alpha value is -0.880. The minimum absolute atomic E-state index is 0.204. The van der Waals surface area contributed by atoms with Gasteiger partial charge in [-0.05, 0) is 46.0 Å². The molecule has 0 atom stereocenters. The van der Waals surface area contributed by atoms with Crippen molar-refractivity contribution in [2.24, 2.45) is 0 Å². The summed E-state index contributed by atoms with van der Waals surface area (Å²) in [6.45, 7) is 2.52. The monoisotopic (exact) mass is 345 g/mol. The van der Waals surface area contributed by atoms with E-state index in [2.05, 4.69) is 22.9 Å². The molecule has 1 heterocycles. The van der Waals surface area contributed by atoms with Gasteiger partial charge in [0.25, 0.3) is 11.7 Å². The number of rotatable bonds is 5. The standard InChI is InChI=1S/C13H13BrFNO2S/c1-2-19-5-3-4-16-11-7-10(15)9(14)6-8(11)12(17)13(16)18/h6-7H,2-5H2,1H3. The van der Waals surface area contributed by atoms with Crippen molar-refractivity contribution < 1.29 is 14.0 Å². The van der Waals surface area contributed by atoms with Gasteiger partial charge in [-0.15, -0.1) is 0 Å². The number of carbonyl (C=O) groups is 2. The van der Waals surface area contributed by atoms with Crippen LogP contribution in [0.2, 0.25) is 0 Å². The maximum Gasteiger partial charge on any atom is 0.299 e. The fraction of sp³-hybridized carbons (Fsp3) is 0.385. The van der Waals surface area contributed by atoms with Crippen molar-refractivity contribution in [3.63, 3.8) is 0 Å². The summed E-state index contributed by atoms with van der Waals surface area (Å²) in [5.74, 6) is 0.357. The lowest BCUT2D eigenvalue weighted by Gasteiger charge is -2.16. The molecule has 0 aliphatic carbocycles. The third kappa shape index (κ3) is 2.84. The van der Waals surface area contributed by atoms with Crippen LogP contribution in [0.4, 0.5) is 10.1 Å². The normalized spacial score (nSPS) is 14.2. The molecule has 3 nitrogen and oxygen atoms in total. The van der Waals surface area contributed by atoms with Gasteiger partial charge in [-0.3, -0.25) is 9.59 Å². The van der Waals surface area contributed by atoms with Crippen molar-refractivity contribution in [2.45, 2.75) is 13.3 Å². The van der Waals surface area contributed by atoms with Crippen LogP contribution in [0.25, 0.3) is 0 Å². The van der Waals surface area contributed by atoms with E-state index in [0.717, 1.165) is 17.9 Å². The Morgan fingerprint density at radius 1 is 1.37 bits per heavy atom. The van der Waals surface area contributed by atoms with E-state index in [1.54, 1.807) is 11.8 Å². The van der Waals surface area contributed by atoms with Crippen molar-refractivity contribution in [3.05, 3.63) is 28.0 Å². The number of halogens is 2. The molecule has 0 aromatic heterocycles. The van der Waals surface area contributed by atoms with Crippen molar-refractivity contribution in [3.8, 4) is 0 Å². The fourth-order valence-electron chi connectivity index (χ4n) is 1.98. The van der Waals surface area contributed by atoms with E-state index in [4.69, 9.17) is 0 Å². The topological polar surface area (TPSA) is 37.4 Å². The molecular weight excluding hydrogens is 333 g/mol. The molecule has 2 rings (SSSR count). The molecule has 0 unspecified atom stereocenters. The zero-order valence-electron chi connectivity index (χ0n) is 10.4. The molecule has 0 fully saturated rings. The van der Waals surface area contributed by atoms with Crippen LogP contribution in [0.1, 0.15) is 23.7 Å². The summed E-state index contributed by atoms with van der Waals surface area (Å²) in [7, 11) is 0. The molecule has 0 N–H and O–H groups in total. The molecule has 6 heteroatoms. The minimum Gasteiger partial charge on any atom is -0.305 e. The summed E-state index contributed by atoms with van der Waals surface area (Å²) in [6.07, 6.45) is 0.786. The van der Waals surface area contributed by atoms with Crippen LogP contribution in [0.5, 0.6) is 0 Å². The number of hydrogen-bond acceptors (Lipinski definition) is 3. The zero-order valence-corrected chi connectivity index (χ0v) is 12.8. The van der Waals surface area contributed by atoms with Crippen LogP contribution >= 0.6 is 27.7 Å². The number of ketones is 1. The van der Waals surface area contributed by atoms with Gasteiger partial charge in [0.15, 0.2) is 0 Å². The molecule has 1 amide bonds. The van der Waals surface area contributed by atoms with E-state index in [-0.39, 0.29) is 10.0 Å². The van der Waals surface area contributed by atoms with Gasteiger partial charge in [-0.25, -0.2) is 4.39 Å². The largest absolute Gasteiger partial charge is 0.305 e. The Bertz CT molecular complexity index is 536. The van der Waals surface area contributed by atoms with Crippen molar-refractivity contribution in [2.75, 3.05) is 23.0 Å². The number of fused-ring (bicyclic) bond motifs is 1. The Labute approximate surface area is 123 Å². The van der Waals surface area contributed by atoms with Crippen LogP contribution in [-0.4, -0.2) is 29.7 Å². The summed E-state index contributed by atoms with van der Waals surface area (Å²) < 4.78 is 13.7. The summed E-state index contributed by atoms with van der Waals surface area (Å²) in [5.41, 5.74) is 0.665. The molecule has 19 heavy (non-hydrogen) atoms. The molecule has 1 aliphatic heterocycles. The first-order valence-corrected chi connectivity index (χ1v) is 7.94. The summed E-state index contributed by atoms with van der Waals surface area (Å²) >= 11 is 4.80. The first kappa shape index (κ1) is 14.5. The zero-order chi connectivity index (χ0) is 14.0. The highest BCUT2D eigenvalue weighted by Gasteiger charge is 2.36. The lowest BCUT2D eigenvalue weighted by Crippen LogP contribution is -2.30. The van der Waals surface area contributed by atoms with Crippen LogP contribution in [-0.2, 0) is 4.79 Å². The molecule has 1 aromatic carbocycles. The highest BCUT2D eigenvalue weighted by molar-refractivity contribution is 9.10. The number of hydrogen-bond donors (Lipinski definition) is 0. The quantitative estimate of drug-likeness (QED) is 0.607. The van der Waals surface area contributed by atoms with Crippen LogP contribution in [0.15, 0.2) is 16.6 Å². The highest BCUT2D eigenvalue weighted by atomic mass is 79.9. The van der Waals surface area contributed by atoms with Gasteiger partial charge < -0.3 is 4.90 Å². The smallest absolute Gasteiger partial charge is 0.299 e. The van der Waals surface area contributed by atoms with Crippen LogP contribution in [0.3, 0.4) is 0 Å². The van der Waals surface area contributed by atoms with Crippen LogP contribution < -0.4 is 4.90 Å². The van der Waals surface area contributed by atoms with Crippen molar-refractivity contribution >= 4 is 45.1 Å². The summed E-state index contributed by atoms with van der Waals surface area (Å²) in [5, 5.41) is 0. The van der Waals surface area contributed by atoms with Crippen LogP contribution in [0, 0.1) is 5.82 Å². The summed E-state index contributed by atoms with van der Waals surface area (Å²) in [4.78, 5) is 25.1. The summed E-state index contributed by atoms with van der Waals surface area (Å²) in [6, 6.07) is 2.63. The van der Waals surface area contributed by atoms with E-state index in [1.807, 2.05) is 0 Å². The van der Waals surface area contributed by atoms with Gasteiger partial charge in [0, 0.05) is 6.54 Å². The predicted molar refractivity (Wildman–Crippen MR) is 78.4 cm³/mol. The number of carbonyl (C=O) groups excluding carboxylic acids is 2. The maximum atomic E-state index is 13.5. The molecule has 0 spiro atoms. The number of amides is 1. The first-order valence-electron chi connectivity index (χ1n) is 5.99. The number of benzene rings is 1. The first-order chi connectivity index (χ1) is 9.06. The Morgan fingerprint density at radius 2 is 2.11 bits per heavy atom. The predicted octanol–water partition coefficient (Wildman–Crippen LogP) is 3.26. The molecule has 0 radical (unpaired) electrons. The maximum absolute atomic E-state index is 13.5. The lowest BCUT2D eigenvalue weighted by molar-refractivity contribution is -0.114. The van der Waals surface area contributed by atoms with E-state index in [1.165, 1.54) is 17.0 Å². The van der Waals surface area contributed by atoms with E-state index in [0.29, 0.717) is 12.2 Å². The van der Waals surface area contributed by atoms with Crippen molar-refractivity contribution in [1.82, 2.24) is 0 Å². The van der Waals surface area contributed by atoms with E-state index in [9.17, 15) is 14.0 Å². The number of nitrogens with zero attached hydrogens (tertiary/aromatic N) is 1. The average molecular weight is 346 g/mol. The molecular formula is C13H13BrFNO2S. The second kappa shape index (κ2) is 6.05. The Kier molecular flexibility index (Phi) is 4.62. The SMILES string of the molecule is CCSCCCN1C(=O)C(=O)c2cc(Br)c(F)cc21. The molecule has 102 valence electrons. The van der Waals surface area contributed by atoms with Gasteiger partial charge in [0.2, 0.25) is 0 Å².